The van der Waals surface area contributed by atoms with Crippen LogP contribution in [0.3, 0.4) is 0 Å². The molecular formula is C15H24N4O3. The van der Waals surface area contributed by atoms with E-state index in [4.69, 9.17) is 9.26 Å². The average molecular weight is 308 g/mol. The van der Waals surface area contributed by atoms with Crippen molar-refractivity contribution in [2.75, 3.05) is 26.3 Å². The minimum absolute atomic E-state index is 0.0301. The van der Waals surface area contributed by atoms with Crippen LogP contribution in [0, 0.1) is 0 Å². The molecule has 1 atom stereocenters. The quantitative estimate of drug-likeness (QED) is 0.806. The number of rotatable bonds is 6. The Bertz CT molecular complexity index is 479. The molecule has 7 nitrogen and oxygen atoms in total. The Hall–Kier alpha value is -1.47. The van der Waals surface area contributed by atoms with Crippen molar-refractivity contribution >= 4 is 5.91 Å². The zero-order chi connectivity index (χ0) is 15.2. The Morgan fingerprint density at radius 2 is 2.23 bits per heavy atom. The van der Waals surface area contributed by atoms with E-state index in [0.29, 0.717) is 37.7 Å². The summed E-state index contributed by atoms with van der Waals surface area (Å²) in [6.45, 7) is 2.67. The molecule has 122 valence electrons. The van der Waals surface area contributed by atoms with E-state index < -0.39 is 0 Å². The number of carbonyl (C=O) groups is 1. The number of morpholine rings is 1. The smallest absolute Gasteiger partial charge is 0.229 e. The zero-order valence-corrected chi connectivity index (χ0v) is 12.8. The van der Waals surface area contributed by atoms with E-state index in [1.807, 2.05) is 0 Å². The van der Waals surface area contributed by atoms with Crippen molar-refractivity contribution in [2.24, 2.45) is 0 Å². The average Bonchev–Trinajstić information content (AvgIpc) is 3.19. The van der Waals surface area contributed by atoms with Gasteiger partial charge in [-0.15, -0.1) is 0 Å². The predicted molar refractivity (Wildman–Crippen MR) is 79.4 cm³/mol. The van der Waals surface area contributed by atoms with E-state index in [1.54, 1.807) is 0 Å². The molecule has 0 unspecified atom stereocenters. The van der Waals surface area contributed by atoms with Crippen molar-refractivity contribution in [3.05, 3.63) is 11.7 Å². The van der Waals surface area contributed by atoms with Gasteiger partial charge in [0, 0.05) is 37.9 Å². The van der Waals surface area contributed by atoms with Crippen LogP contribution in [0.1, 0.15) is 49.7 Å². The minimum Gasteiger partial charge on any atom is -0.378 e. The maximum absolute atomic E-state index is 11.8. The van der Waals surface area contributed by atoms with Gasteiger partial charge in [-0.2, -0.15) is 4.98 Å². The third-order valence-corrected chi connectivity index (χ3v) is 4.29. The van der Waals surface area contributed by atoms with Crippen molar-refractivity contribution < 1.29 is 14.1 Å². The summed E-state index contributed by atoms with van der Waals surface area (Å²) in [5.41, 5.74) is 0. The van der Waals surface area contributed by atoms with Gasteiger partial charge in [0.2, 0.25) is 11.8 Å². The fraction of sp³-hybridized carbons (Fsp3) is 0.800. The molecule has 1 aliphatic carbocycles. The Labute approximate surface area is 130 Å². The number of ether oxygens (including phenoxy) is 1. The van der Waals surface area contributed by atoms with Gasteiger partial charge in [0.25, 0.3) is 0 Å². The summed E-state index contributed by atoms with van der Waals surface area (Å²) in [5.74, 6) is 1.92. The summed E-state index contributed by atoms with van der Waals surface area (Å²) in [6.07, 6.45) is 5.84. The molecule has 2 heterocycles. The van der Waals surface area contributed by atoms with E-state index in [1.165, 1.54) is 12.8 Å². The molecule has 1 aromatic heterocycles. The van der Waals surface area contributed by atoms with Crippen molar-refractivity contribution in [2.45, 2.75) is 50.5 Å². The first-order chi connectivity index (χ1) is 10.8. The number of nitrogens with zero attached hydrogens (tertiary/aromatic N) is 2. The molecule has 0 aromatic carbocycles. The van der Waals surface area contributed by atoms with Gasteiger partial charge in [-0.25, -0.2) is 0 Å². The second kappa shape index (κ2) is 7.69. The molecule has 2 aliphatic rings. The van der Waals surface area contributed by atoms with E-state index in [9.17, 15) is 4.79 Å². The van der Waals surface area contributed by atoms with Crippen LogP contribution in [-0.4, -0.2) is 48.4 Å². The van der Waals surface area contributed by atoms with Gasteiger partial charge >= 0.3 is 0 Å². The molecule has 1 saturated heterocycles. The number of nitrogens with one attached hydrogen (secondary N) is 2. The van der Waals surface area contributed by atoms with Crippen LogP contribution in [0.25, 0.3) is 0 Å². The zero-order valence-electron chi connectivity index (χ0n) is 12.8. The Balaban J connectivity index is 1.36. The van der Waals surface area contributed by atoms with E-state index in [-0.39, 0.29) is 11.9 Å². The summed E-state index contributed by atoms with van der Waals surface area (Å²) >= 11 is 0. The standard InChI is InChI=1S/C15H24N4O3/c20-14(9-12-10-21-8-7-16-12)17-6-5-13-18-15(22-19-13)11-3-1-2-4-11/h11-12,16H,1-10H2,(H,17,20)/t12-/m1/s1. The lowest BCUT2D eigenvalue weighted by Crippen LogP contribution is -2.44. The molecule has 22 heavy (non-hydrogen) atoms. The van der Waals surface area contributed by atoms with Crippen LogP contribution in [0.4, 0.5) is 0 Å². The Kier molecular flexibility index (Phi) is 5.39. The van der Waals surface area contributed by atoms with Crippen LogP contribution in [-0.2, 0) is 16.0 Å². The number of amides is 1. The second-order valence-electron chi connectivity index (χ2n) is 6.06. The first-order valence-electron chi connectivity index (χ1n) is 8.21. The number of aromatic nitrogens is 2. The van der Waals surface area contributed by atoms with Gasteiger partial charge in [-0.05, 0) is 12.8 Å². The van der Waals surface area contributed by atoms with Crippen molar-refractivity contribution in [3.8, 4) is 0 Å². The molecule has 2 fully saturated rings. The normalized spacial score (nSPS) is 22.8. The van der Waals surface area contributed by atoms with Crippen molar-refractivity contribution in [3.63, 3.8) is 0 Å². The fourth-order valence-electron chi connectivity index (χ4n) is 3.07. The molecule has 0 spiro atoms. The van der Waals surface area contributed by atoms with Crippen molar-refractivity contribution in [1.29, 1.82) is 0 Å². The van der Waals surface area contributed by atoms with Crippen molar-refractivity contribution in [1.82, 2.24) is 20.8 Å². The van der Waals surface area contributed by atoms with Gasteiger partial charge in [-0.3, -0.25) is 4.79 Å². The maximum atomic E-state index is 11.8. The molecule has 1 saturated carbocycles. The molecule has 3 rings (SSSR count). The topological polar surface area (TPSA) is 89.3 Å². The minimum atomic E-state index is 0.0301. The molecular weight excluding hydrogens is 284 g/mol. The lowest BCUT2D eigenvalue weighted by atomic mass is 10.1. The summed E-state index contributed by atoms with van der Waals surface area (Å²) in [7, 11) is 0. The van der Waals surface area contributed by atoms with Gasteiger partial charge < -0.3 is 19.9 Å². The monoisotopic (exact) mass is 308 g/mol. The summed E-state index contributed by atoms with van der Waals surface area (Å²) in [4.78, 5) is 16.3. The van der Waals surface area contributed by atoms with E-state index in [0.717, 1.165) is 31.9 Å². The van der Waals surface area contributed by atoms with Crippen LogP contribution < -0.4 is 10.6 Å². The predicted octanol–water partition coefficient (Wildman–Crippen LogP) is 0.764. The first-order valence-corrected chi connectivity index (χ1v) is 8.21. The highest BCUT2D eigenvalue weighted by molar-refractivity contribution is 5.76. The molecule has 7 heteroatoms. The highest BCUT2D eigenvalue weighted by Gasteiger charge is 2.23. The van der Waals surface area contributed by atoms with E-state index in [2.05, 4.69) is 20.8 Å². The van der Waals surface area contributed by atoms with Crippen LogP contribution in [0.15, 0.2) is 4.52 Å². The second-order valence-corrected chi connectivity index (χ2v) is 6.06. The first kappa shape index (κ1) is 15.4. The van der Waals surface area contributed by atoms with E-state index >= 15 is 0 Å². The maximum Gasteiger partial charge on any atom is 0.229 e. The lowest BCUT2D eigenvalue weighted by Gasteiger charge is -2.23. The molecule has 0 bridgehead atoms. The third kappa shape index (κ3) is 4.27. The van der Waals surface area contributed by atoms with Gasteiger partial charge in [0.1, 0.15) is 0 Å². The fourth-order valence-corrected chi connectivity index (χ4v) is 3.07. The number of carbonyl (C=O) groups excluding carboxylic acids is 1. The third-order valence-electron chi connectivity index (χ3n) is 4.29. The SMILES string of the molecule is O=C(C[C@@H]1COCCN1)NCCc1noc(C2CCCC2)n1. The van der Waals surface area contributed by atoms with Gasteiger partial charge in [0.15, 0.2) is 5.82 Å². The number of hydrogen-bond acceptors (Lipinski definition) is 6. The lowest BCUT2D eigenvalue weighted by molar-refractivity contribution is -0.122. The highest BCUT2D eigenvalue weighted by atomic mass is 16.5. The number of hydrogen-bond donors (Lipinski definition) is 2. The Morgan fingerprint density at radius 1 is 1.36 bits per heavy atom. The molecule has 2 N–H and O–H groups in total. The van der Waals surface area contributed by atoms with Crippen LogP contribution in [0.5, 0.6) is 0 Å². The molecule has 1 aliphatic heterocycles. The molecule has 0 radical (unpaired) electrons. The van der Waals surface area contributed by atoms with Crippen LogP contribution in [0.2, 0.25) is 0 Å². The molecule has 1 amide bonds. The largest absolute Gasteiger partial charge is 0.378 e. The Morgan fingerprint density at radius 3 is 3.00 bits per heavy atom. The van der Waals surface area contributed by atoms with Crippen LogP contribution >= 0.6 is 0 Å². The van der Waals surface area contributed by atoms with Gasteiger partial charge in [-0.1, -0.05) is 18.0 Å². The van der Waals surface area contributed by atoms with Gasteiger partial charge in [0.05, 0.1) is 13.2 Å². The molecule has 1 aromatic rings. The summed E-state index contributed by atoms with van der Waals surface area (Å²) < 4.78 is 10.7. The highest BCUT2D eigenvalue weighted by Crippen LogP contribution is 2.32. The summed E-state index contributed by atoms with van der Waals surface area (Å²) in [5, 5.41) is 10.2. The summed E-state index contributed by atoms with van der Waals surface area (Å²) in [6, 6.07) is 0.118.